The molecule has 0 unspecified atom stereocenters. The van der Waals surface area contributed by atoms with Crippen molar-refractivity contribution in [3.63, 3.8) is 0 Å². The van der Waals surface area contributed by atoms with E-state index in [1.165, 1.54) is 0 Å². The molecule has 1 atom stereocenters. The molecule has 0 N–H and O–H groups in total. The van der Waals surface area contributed by atoms with Crippen molar-refractivity contribution in [3.8, 4) is 0 Å². The van der Waals surface area contributed by atoms with E-state index >= 15 is 0 Å². The van der Waals surface area contributed by atoms with Crippen molar-refractivity contribution in [1.82, 2.24) is 4.57 Å². The van der Waals surface area contributed by atoms with Gasteiger partial charge in [0.25, 0.3) is 0 Å². The molecule has 0 aliphatic heterocycles. The highest BCUT2D eigenvalue weighted by Crippen LogP contribution is 2.42. The Hall–Kier alpha value is -0.696. The van der Waals surface area contributed by atoms with Crippen LogP contribution in [0.4, 0.5) is 0 Å². The summed E-state index contributed by atoms with van der Waals surface area (Å²) in [6.45, 7) is 27.4. The second kappa shape index (κ2) is 9.04. The molecule has 0 aliphatic carbocycles. The fourth-order valence-corrected chi connectivity index (χ4v) is 5.22. The van der Waals surface area contributed by atoms with Crippen LogP contribution in [-0.4, -0.2) is 39.7 Å². The van der Waals surface area contributed by atoms with Crippen LogP contribution >= 0.6 is 0 Å². The summed E-state index contributed by atoms with van der Waals surface area (Å²) in [5.41, 5.74) is 0.372. The van der Waals surface area contributed by atoms with Gasteiger partial charge in [-0.25, -0.2) is 0 Å². The van der Waals surface area contributed by atoms with Crippen LogP contribution in [0.1, 0.15) is 72.3 Å². The van der Waals surface area contributed by atoms with Gasteiger partial charge in [-0.1, -0.05) is 55.4 Å². The zero-order valence-corrected chi connectivity index (χ0v) is 23.9. The van der Waals surface area contributed by atoms with Crippen molar-refractivity contribution >= 4 is 22.4 Å². The molecule has 30 heavy (non-hydrogen) atoms. The van der Waals surface area contributed by atoms with Crippen LogP contribution in [0.25, 0.3) is 0 Å². The fraction of sp³-hybridized carbons (Fsp3) is 0.792. The summed E-state index contributed by atoms with van der Waals surface area (Å²) in [6, 6.07) is 3.82. The van der Waals surface area contributed by atoms with E-state index in [-0.39, 0.29) is 21.3 Å². The number of hydrogen-bond donors (Lipinski definition) is 0. The van der Waals surface area contributed by atoms with E-state index in [4.69, 9.17) is 8.85 Å². The monoisotopic (exact) mass is 453 g/mol. The quantitative estimate of drug-likeness (QED) is 0.297. The molecule has 0 saturated heterocycles. The van der Waals surface area contributed by atoms with Gasteiger partial charge in [-0.2, -0.15) is 0 Å². The van der Waals surface area contributed by atoms with Gasteiger partial charge >= 0.3 is 0 Å². The average Bonchev–Trinajstić information content (AvgIpc) is 2.95. The Bertz CT molecular complexity index is 722. The van der Waals surface area contributed by atoms with Gasteiger partial charge in [0.1, 0.15) is 6.10 Å². The highest BCUT2D eigenvalue weighted by molar-refractivity contribution is 6.74. The molecule has 0 aliphatic rings. The molecule has 1 rings (SSSR count). The maximum Gasteiger partial charge on any atom is 0.207 e. The maximum absolute atomic E-state index is 13.6. The molecule has 174 valence electrons. The van der Waals surface area contributed by atoms with Crippen molar-refractivity contribution in [2.75, 3.05) is 6.61 Å². The average molecular weight is 454 g/mol. The minimum absolute atomic E-state index is 0.0352. The summed E-state index contributed by atoms with van der Waals surface area (Å²) in [5.74, 6) is 0.0738. The summed E-state index contributed by atoms with van der Waals surface area (Å²) >= 11 is 0. The van der Waals surface area contributed by atoms with E-state index in [1.807, 2.05) is 29.9 Å². The normalized spacial score (nSPS) is 15.4. The van der Waals surface area contributed by atoms with E-state index in [0.717, 1.165) is 6.42 Å². The standard InChI is InChI=1S/C24H47NO3Si2/c1-22(2,3)29(10,11)27-18-16-24(7,8)21(28-30(12,13)23(4,5)6)20(26)19-15-14-17-25(19)9/h14-15,17,21H,16,18H2,1-13H3/t21-/m0/s1. The van der Waals surface area contributed by atoms with Crippen LogP contribution < -0.4 is 0 Å². The minimum Gasteiger partial charge on any atom is -0.417 e. The van der Waals surface area contributed by atoms with E-state index in [9.17, 15) is 4.79 Å². The molecule has 4 nitrogen and oxygen atoms in total. The van der Waals surface area contributed by atoms with Gasteiger partial charge in [0, 0.05) is 19.9 Å². The predicted molar refractivity (Wildman–Crippen MR) is 133 cm³/mol. The second-order valence-corrected chi connectivity index (χ2v) is 22.0. The number of nitrogens with zero attached hydrogens (tertiary/aromatic N) is 1. The van der Waals surface area contributed by atoms with Gasteiger partial charge in [-0.15, -0.1) is 0 Å². The highest BCUT2D eigenvalue weighted by Gasteiger charge is 2.46. The number of carbonyl (C=O) groups excluding carboxylic acids is 1. The van der Waals surface area contributed by atoms with Crippen molar-refractivity contribution < 1.29 is 13.6 Å². The molecule has 1 aromatic heterocycles. The molecular weight excluding hydrogens is 406 g/mol. The Balaban J connectivity index is 3.16. The number of hydrogen-bond acceptors (Lipinski definition) is 3. The summed E-state index contributed by atoms with van der Waals surface area (Å²) in [5, 5.41) is 0.209. The third kappa shape index (κ3) is 6.41. The Morgan fingerprint density at radius 2 is 1.47 bits per heavy atom. The fourth-order valence-electron chi connectivity index (χ4n) is 2.81. The molecular formula is C24H47NO3Si2. The van der Waals surface area contributed by atoms with Gasteiger partial charge in [0.2, 0.25) is 5.78 Å². The van der Waals surface area contributed by atoms with Crippen molar-refractivity contribution in [3.05, 3.63) is 24.0 Å². The van der Waals surface area contributed by atoms with Crippen molar-refractivity contribution in [2.24, 2.45) is 12.5 Å². The van der Waals surface area contributed by atoms with Crippen molar-refractivity contribution in [1.29, 1.82) is 0 Å². The van der Waals surface area contributed by atoms with Crippen LogP contribution in [0, 0.1) is 5.41 Å². The third-order valence-electron chi connectivity index (χ3n) is 7.38. The Morgan fingerprint density at radius 1 is 0.967 bits per heavy atom. The van der Waals surface area contributed by atoms with E-state index in [0.29, 0.717) is 12.3 Å². The Labute approximate surface area is 188 Å². The molecule has 1 aromatic rings. The minimum atomic E-state index is -2.14. The lowest BCUT2D eigenvalue weighted by atomic mass is 9.81. The maximum atomic E-state index is 13.6. The molecule has 0 saturated carbocycles. The molecule has 6 heteroatoms. The Morgan fingerprint density at radius 3 is 1.87 bits per heavy atom. The Kier molecular flexibility index (Phi) is 8.24. The molecule has 0 fully saturated rings. The largest absolute Gasteiger partial charge is 0.417 e. The number of aryl methyl sites for hydroxylation is 1. The lowest BCUT2D eigenvalue weighted by Crippen LogP contribution is -2.51. The van der Waals surface area contributed by atoms with Gasteiger partial charge < -0.3 is 13.4 Å². The first-order chi connectivity index (χ1) is 13.2. The summed E-state index contributed by atoms with van der Waals surface area (Å²) in [6.07, 6.45) is 2.22. The van der Waals surface area contributed by atoms with E-state index in [2.05, 4.69) is 81.6 Å². The van der Waals surface area contributed by atoms with E-state index < -0.39 is 22.7 Å². The van der Waals surface area contributed by atoms with Crippen LogP contribution in [0.2, 0.25) is 36.3 Å². The number of rotatable bonds is 9. The second-order valence-electron chi connectivity index (χ2n) is 12.5. The molecule has 1 heterocycles. The SMILES string of the molecule is Cn1cccc1C(=O)[C@H](O[Si](C)(C)C(C)(C)C)C(C)(C)CCO[Si](C)(C)C(C)(C)C. The number of aromatic nitrogens is 1. The number of ketones is 1. The molecule has 0 aromatic carbocycles. The van der Waals surface area contributed by atoms with Crippen LogP contribution in [0.15, 0.2) is 18.3 Å². The summed E-state index contributed by atoms with van der Waals surface area (Å²) in [4.78, 5) is 13.6. The molecule has 0 bridgehead atoms. The van der Waals surface area contributed by atoms with Crippen LogP contribution in [0.3, 0.4) is 0 Å². The third-order valence-corrected chi connectivity index (χ3v) is 16.4. The summed E-state index contributed by atoms with van der Waals surface area (Å²) in [7, 11) is -2.04. The topological polar surface area (TPSA) is 40.5 Å². The molecule has 0 amide bonds. The number of carbonyl (C=O) groups is 1. The van der Waals surface area contributed by atoms with Crippen molar-refractivity contribution in [2.45, 2.75) is 104 Å². The first kappa shape index (κ1) is 27.3. The van der Waals surface area contributed by atoms with Gasteiger partial charge in [0.05, 0.1) is 5.69 Å². The number of Topliss-reactive ketones (excluding diaryl/α,β-unsaturated/α-hetero) is 1. The van der Waals surface area contributed by atoms with Gasteiger partial charge in [-0.05, 0) is 60.2 Å². The predicted octanol–water partition coefficient (Wildman–Crippen LogP) is 7.04. The lowest BCUT2D eigenvalue weighted by molar-refractivity contribution is 0.0341. The highest BCUT2D eigenvalue weighted by atomic mass is 28.4. The van der Waals surface area contributed by atoms with Crippen LogP contribution in [-0.2, 0) is 15.9 Å². The van der Waals surface area contributed by atoms with Gasteiger partial charge in [-0.3, -0.25) is 4.79 Å². The zero-order chi connectivity index (χ0) is 23.8. The van der Waals surface area contributed by atoms with E-state index in [1.54, 1.807) is 0 Å². The lowest BCUT2D eigenvalue weighted by Gasteiger charge is -2.44. The molecule has 0 spiro atoms. The first-order valence-electron chi connectivity index (χ1n) is 11.2. The first-order valence-corrected chi connectivity index (χ1v) is 17.0. The van der Waals surface area contributed by atoms with Gasteiger partial charge in [0.15, 0.2) is 16.6 Å². The van der Waals surface area contributed by atoms with Crippen LogP contribution in [0.5, 0.6) is 0 Å². The smallest absolute Gasteiger partial charge is 0.207 e. The molecule has 0 radical (unpaired) electrons. The zero-order valence-electron chi connectivity index (χ0n) is 21.9. The summed E-state index contributed by atoms with van der Waals surface area (Å²) < 4.78 is 15.1.